The maximum Gasteiger partial charge on any atom is 0.272 e. The van der Waals surface area contributed by atoms with Gasteiger partial charge in [0.05, 0.1) is 0 Å². The molecule has 0 atom stereocenters. The Bertz CT molecular complexity index is 457. The summed E-state index contributed by atoms with van der Waals surface area (Å²) in [6, 6.07) is 1.93. The summed E-state index contributed by atoms with van der Waals surface area (Å²) < 4.78 is 1.88. The first-order valence-electron chi connectivity index (χ1n) is 3.70. The van der Waals surface area contributed by atoms with Crippen molar-refractivity contribution in [3.8, 4) is 0 Å². The third-order valence-corrected chi connectivity index (χ3v) is 1.74. The lowest BCUT2D eigenvalue weighted by Crippen LogP contribution is -1.89. The van der Waals surface area contributed by atoms with Crippen LogP contribution in [-0.4, -0.2) is 14.5 Å². The lowest BCUT2D eigenvalue weighted by atomic mass is 10.4. The van der Waals surface area contributed by atoms with Gasteiger partial charge in [0.2, 0.25) is 0 Å². The van der Waals surface area contributed by atoms with Crippen LogP contribution in [0.4, 0.5) is 5.95 Å². The molecule has 0 saturated heterocycles. The van der Waals surface area contributed by atoms with E-state index in [1.54, 1.807) is 6.20 Å². The largest absolute Gasteiger partial charge is 0.335 e. The van der Waals surface area contributed by atoms with Crippen LogP contribution in [0.5, 0.6) is 0 Å². The fraction of sp³-hybridized carbons (Fsp3) is 0.143. The van der Waals surface area contributed by atoms with E-state index in [1.165, 1.54) is 0 Å². The van der Waals surface area contributed by atoms with Gasteiger partial charge in [-0.3, -0.25) is 0 Å². The first kappa shape index (κ1) is 7.66. The van der Waals surface area contributed by atoms with Gasteiger partial charge in [-0.2, -0.15) is 4.98 Å². The number of aromatic nitrogens is 3. The van der Waals surface area contributed by atoms with E-state index in [0.717, 1.165) is 11.0 Å². The second-order valence-corrected chi connectivity index (χ2v) is 2.59. The number of rotatable bonds is 1. The van der Waals surface area contributed by atoms with Gasteiger partial charge in [0.1, 0.15) is 5.65 Å². The first-order chi connectivity index (χ1) is 6.31. The summed E-state index contributed by atoms with van der Waals surface area (Å²) in [5.41, 5.74) is 0.817. The first-order valence-corrected chi connectivity index (χ1v) is 3.70. The van der Waals surface area contributed by atoms with Crippen LogP contribution in [0, 0.1) is 0 Å². The van der Waals surface area contributed by atoms with Gasteiger partial charge in [-0.25, -0.2) is 4.98 Å². The molecule has 0 aromatic carbocycles. The fourth-order valence-electron chi connectivity index (χ4n) is 1.14. The molecule has 2 N–H and O–H groups in total. The van der Waals surface area contributed by atoms with Gasteiger partial charge in [-0.15, -0.1) is 0 Å². The molecule has 0 bridgehead atoms. The Kier molecular flexibility index (Phi) is 1.66. The Morgan fingerprint density at radius 3 is 3.15 bits per heavy atom. The number of nitrogens with two attached hydrogens (primary N) is 1. The van der Waals surface area contributed by atoms with Gasteiger partial charge in [-0.05, 0) is 6.07 Å². The zero-order valence-electron chi connectivity index (χ0n) is 7.05. The van der Waals surface area contributed by atoms with E-state index in [2.05, 4.69) is 20.3 Å². The maximum absolute atomic E-state index is 4.89. The van der Waals surface area contributed by atoms with E-state index in [9.17, 15) is 0 Å². The van der Waals surface area contributed by atoms with Crippen molar-refractivity contribution in [3.63, 3.8) is 0 Å². The molecule has 0 aliphatic heterocycles. The highest BCUT2D eigenvalue weighted by molar-refractivity contribution is 5.75. The van der Waals surface area contributed by atoms with Crippen molar-refractivity contribution >= 4 is 17.0 Å². The monoisotopic (exact) mass is 176 g/mol. The van der Waals surface area contributed by atoms with Crippen LogP contribution in [0.15, 0.2) is 28.8 Å². The standard InChI is InChI=1S/C7H8N6/c1-13-3-2-5-4-9-7(11-12-8)10-6(5)13/h2-4H,1H3,(H2,8,9,10,11). The molecule has 6 heteroatoms. The molecule has 0 aliphatic rings. The molecule has 13 heavy (non-hydrogen) atoms. The summed E-state index contributed by atoms with van der Waals surface area (Å²) in [5, 5.41) is 7.63. The van der Waals surface area contributed by atoms with Crippen LogP contribution in [0.3, 0.4) is 0 Å². The van der Waals surface area contributed by atoms with Gasteiger partial charge in [0, 0.05) is 24.8 Å². The molecular weight excluding hydrogens is 168 g/mol. The molecule has 0 aliphatic carbocycles. The number of fused-ring (bicyclic) bond motifs is 1. The van der Waals surface area contributed by atoms with Crippen molar-refractivity contribution in [1.29, 1.82) is 0 Å². The van der Waals surface area contributed by atoms with Gasteiger partial charge < -0.3 is 10.4 Å². The number of hydrogen-bond acceptors (Lipinski definition) is 4. The van der Waals surface area contributed by atoms with Crippen molar-refractivity contribution < 1.29 is 0 Å². The number of nitrogens with zero attached hydrogens (tertiary/aromatic N) is 5. The molecule has 2 heterocycles. The van der Waals surface area contributed by atoms with Gasteiger partial charge >= 0.3 is 0 Å². The van der Waals surface area contributed by atoms with E-state index in [4.69, 9.17) is 5.84 Å². The van der Waals surface area contributed by atoms with Gasteiger partial charge in [0.25, 0.3) is 5.95 Å². The molecule has 0 spiro atoms. The normalized spacial score (nSPS) is 11.5. The lowest BCUT2D eigenvalue weighted by Gasteiger charge is -1.94. The van der Waals surface area contributed by atoms with Crippen LogP contribution in [0.2, 0.25) is 0 Å². The molecule has 0 saturated carbocycles. The molecule has 0 fully saturated rings. The summed E-state index contributed by atoms with van der Waals surface area (Å²) in [7, 11) is 1.90. The summed E-state index contributed by atoms with van der Waals surface area (Å²) in [6.45, 7) is 0. The second kappa shape index (κ2) is 2.81. The van der Waals surface area contributed by atoms with E-state index >= 15 is 0 Å². The molecule has 6 nitrogen and oxygen atoms in total. The maximum atomic E-state index is 4.89. The SMILES string of the molecule is Cn1ccc2cnc(N=NN)nc21. The Morgan fingerprint density at radius 1 is 1.54 bits per heavy atom. The van der Waals surface area contributed by atoms with E-state index in [1.807, 2.05) is 23.9 Å². The summed E-state index contributed by atoms with van der Waals surface area (Å²) in [5.74, 6) is 5.16. The topological polar surface area (TPSA) is 81.5 Å². The highest BCUT2D eigenvalue weighted by Gasteiger charge is 2.01. The average molecular weight is 176 g/mol. The smallest absolute Gasteiger partial charge is 0.272 e. The minimum atomic E-state index is 0.275. The summed E-state index contributed by atoms with van der Waals surface area (Å²) in [4.78, 5) is 8.08. The number of hydrogen-bond donors (Lipinski definition) is 1. The van der Waals surface area contributed by atoms with Crippen LogP contribution in [0.25, 0.3) is 11.0 Å². The second-order valence-electron chi connectivity index (χ2n) is 2.59. The molecule has 2 aromatic rings. The molecule has 2 rings (SSSR count). The van der Waals surface area contributed by atoms with Crippen molar-refractivity contribution in [2.45, 2.75) is 0 Å². The highest BCUT2D eigenvalue weighted by atomic mass is 15.3. The molecule has 66 valence electrons. The molecule has 0 unspecified atom stereocenters. The molecular formula is C7H8N6. The van der Waals surface area contributed by atoms with Gasteiger partial charge in [0.15, 0.2) is 0 Å². The average Bonchev–Trinajstić information content (AvgIpc) is 2.49. The Balaban J connectivity index is 2.65. The zero-order valence-corrected chi connectivity index (χ0v) is 7.05. The predicted molar refractivity (Wildman–Crippen MR) is 47.2 cm³/mol. The summed E-state index contributed by atoms with van der Waals surface area (Å²) >= 11 is 0. The van der Waals surface area contributed by atoms with Crippen molar-refractivity contribution in [3.05, 3.63) is 18.5 Å². The van der Waals surface area contributed by atoms with E-state index in [0.29, 0.717) is 0 Å². The number of aryl methyl sites for hydroxylation is 1. The Labute approximate surface area is 74.1 Å². The van der Waals surface area contributed by atoms with Crippen LogP contribution < -0.4 is 5.84 Å². The molecule has 0 radical (unpaired) electrons. The third-order valence-electron chi connectivity index (χ3n) is 1.74. The zero-order chi connectivity index (χ0) is 9.26. The Morgan fingerprint density at radius 2 is 2.38 bits per heavy atom. The predicted octanol–water partition coefficient (Wildman–Crippen LogP) is 0.926. The van der Waals surface area contributed by atoms with E-state index in [-0.39, 0.29) is 5.95 Å². The lowest BCUT2D eigenvalue weighted by molar-refractivity contribution is 0.932. The molecule has 0 amide bonds. The third kappa shape index (κ3) is 1.22. The minimum Gasteiger partial charge on any atom is -0.335 e. The van der Waals surface area contributed by atoms with Crippen LogP contribution in [0.1, 0.15) is 0 Å². The van der Waals surface area contributed by atoms with Crippen molar-refractivity contribution in [1.82, 2.24) is 14.5 Å². The minimum absolute atomic E-state index is 0.275. The highest BCUT2D eigenvalue weighted by Crippen LogP contribution is 2.13. The van der Waals surface area contributed by atoms with Crippen molar-refractivity contribution in [2.75, 3.05) is 0 Å². The van der Waals surface area contributed by atoms with Crippen molar-refractivity contribution in [2.24, 2.45) is 23.2 Å². The Hall–Kier alpha value is -1.98. The van der Waals surface area contributed by atoms with E-state index < -0.39 is 0 Å². The van der Waals surface area contributed by atoms with Crippen LogP contribution in [-0.2, 0) is 7.05 Å². The van der Waals surface area contributed by atoms with Crippen LogP contribution >= 0.6 is 0 Å². The van der Waals surface area contributed by atoms with Gasteiger partial charge in [-0.1, -0.05) is 10.3 Å². The molecule has 2 aromatic heterocycles. The fourth-order valence-corrected chi connectivity index (χ4v) is 1.14. The summed E-state index contributed by atoms with van der Waals surface area (Å²) in [6.07, 6.45) is 3.59. The quantitative estimate of drug-likeness (QED) is 0.398.